The second kappa shape index (κ2) is 5.66. The van der Waals surface area contributed by atoms with E-state index in [4.69, 9.17) is 11.5 Å². The zero-order valence-corrected chi connectivity index (χ0v) is 11.0. The number of amides is 2. The van der Waals surface area contributed by atoms with E-state index in [0.29, 0.717) is 23.5 Å². The molecule has 0 aromatic carbocycles. The average Bonchev–Trinajstić information content (AvgIpc) is 2.72. The summed E-state index contributed by atoms with van der Waals surface area (Å²) >= 11 is 1.26. The fourth-order valence-electron chi connectivity index (χ4n) is 1.66. The monoisotopic (exact) mass is 278 g/mol. The van der Waals surface area contributed by atoms with Crippen molar-refractivity contribution in [2.75, 3.05) is 12.3 Å². The molecule has 2 aromatic rings. The van der Waals surface area contributed by atoms with Gasteiger partial charge >= 0.3 is 0 Å². The number of nitrogens with zero attached hydrogens (tertiary/aromatic N) is 1. The van der Waals surface area contributed by atoms with Crippen LogP contribution in [0.25, 0.3) is 10.2 Å². The Labute approximate surface area is 113 Å². The van der Waals surface area contributed by atoms with Crippen molar-refractivity contribution in [2.24, 2.45) is 5.73 Å². The SMILES string of the molecule is NC(=O)CCCNC(=O)c1sc2ncccc2c1N. The van der Waals surface area contributed by atoms with Gasteiger partial charge in [0.15, 0.2) is 0 Å². The minimum Gasteiger partial charge on any atom is -0.397 e. The molecule has 100 valence electrons. The van der Waals surface area contributed by atoms with Gasteiger partial charge in [0.2, 0.25) is 5.91 Å². The first-order valence-corrected chi connectivity index (χ1v) is 6.60. The Morgan fingerprint density at radius 2 is 2.21 bits per heavy atom. The van der Waals surface area contributed by atoms with Crippen LogP contribution in [0.5, 0.6) is 0 Å². The smallest absolute Gasteiger partial charge is 0.263 e. The number of hydrogen-bond donors (Lipinski definition) is 3. The van der Waals surface area contributed by atoms with Crippen LogP contribution in [0.2, 0.25) is 0 Å². The molecule has 0 atom stereocenters. The van der Waals surface area contributed by atoms with Crippen molar-refractivity contribution < 1.29 is 9.59 Å². The van der Waals surface area contributed by atoms with Gasteiger partial charge in [-0.1, -0.05) is 0 Å². The van der Waals surface area contributed by atoms with Crippen LogP contribution in [-0.2, 0) is 4.79 Å². The third kappa shape index (κ3) is 3.00. The van der Waals surface area contributed by atoms with E-state index in [1.54, 1.807) is 12.3 Å². The number of hydrogen-bond acceptors (Lipinski definition) is 5. The van der Waals surface area contributed by atoms with Gasteiger partial charge in [-0.25, -0.2) is 4.98 Å². The summed E-state index contributed by atoms with van der Waals surface area (Å²) in [6, 6.07) is 3.61. The summed E-state index contributed by atoms with van der Waals surface area (Å²) in [5.41, 5.74) is 11.4. The van der Waals surface area contributed by atoms with Crippen molar-refractivity contribution in [3.05, 3.63) is 23.2 Å². The highest BCUT2D eigenvalue weighted by atomic mass is 32.1. The maximum Gasteiger partial charge on any atom is 0.263 e. The summed E-state index contributed by atoms with van der Waals surface area (Å²) in [4.78, 5) is 27.9. The molecular weight excluding hydrogens is 264 g/mol. The van der Waals surface area contributed by atoms with Gasteiger partial charge in [0.05, 0.1) is 5.69 Å². The zero-order chi connectivity index (χ0) is 13.8. The van der Waals surface area contributed by atoms with Crippen molar-refractivity contribution >= 4 is 39.1 Å². The van der Waals surface area contributed by atoms with E-state index in [2.05, 4.69) is 10.3 Å². The normalized spacial score (nSPS) is 10.5. The van der Waals surface area contributed by atoms with Crippen LogP contribution in [0.4, 0.5) is 5.69 Å². The lowest BCUT2D eigenvalue weighted by molar-refractivity contribution is -0.118. The van der Waals surface area contributed by atoms with Gasteiger partial charge in [0.1, 0.15) is 9.71 Å². The number of carbonyl (C=O) groups is 2. The standard InChI is InChI=1S/C12H14N4O2S/c13-8(17)4-2-5-15-11(18)10-9(14)7-3-1-6-16-12(7)19-10/h1,3,6H,2,4-5,14H2,(H2,13,17)(H,15,18). The van der Waals surface area contributed by atoms with E-state index in [-0.39, 0.29) is 18.2 Å². The number of nitrogens with two attached hydrogens (primary N) is 2. The number of thiophene rings is 1. The second-order valence-electron chi connectivity index (χ2n) is 4.03. The predicted molar refractivity (Wildman–Crippen MR) is 74.8 cm³/mol. The number of pyridine rings is 1. The summed E-state index contributed by atoms with van der Waals surface area (Å²) < 4.78 is 0. The average molecular weight is 278 g/mol. The Bertz CT molecular complexity index is 623. The number of primary amides is 1. The number of nitrogens with one attached hydrogen (secondary N) is 1. The maximum atomic E-state index is 12.0. The number of carbonyl (C=O) groups excluding carboxylic acids is 2. The van der Waals surface area contributed by atoms with Crippen LogP contribution in [0, 0.1) is 0 Å². The molecule has 2 aromatic heterocycles. The van der Waals surface area contributed by atoms with E-state index in [9.17, 15) is 9.59 Å². The highest BCUT2D eigenvalue weighted by molar-refractivity contribution is 7.21. The van der Waals surface area contributed by atoms with Gasteiger partial charge in [0, 0.05) is 24.5 Å². The number of anilines is 1. The number of rotatable bonds is 5. The minimum atomic E-state index is -0.375. The maximum absolute atomic E-state index is 12.0. The van der Waals surface area contributed by atoms with Gasteiger partial charge in [-0.3, -0.25) is 9.59 Å². The van der Waals surface area contributed by atoms with E-state index in [1.165, 1.54) is 11.3 Å². The Balaban J connectivity index is 2.05. The second-order valence-corrected chi connectivity index (χ2v) is 5.03. The van der Waals surface area contributed by atoms with Gasteiger partial charge in [-0.15, -0.1) is 11.3 Å². The van der Waals surface area contributed by atoms with Gasteiger partial charge < -0.3 is 16.8 Å². The van der Waals surface area contributed by atoms with Crippen molar-refractivity contribution in [1.82, 2.24) is 10.3 Å². The first-order valence-electron chi connectivity index (χ1n) is 5.79. The molecule has 6 nitrogen and oxygen atoms in total. The molecule has 0 aliphatic carbocycles. The molecular formula is C12H14N4O2S. The summed E-state index contributed by atoms with van der Waals surface area (Å²) in [6.07, 6.45) is 2.43. The number of nitrogen functional groups attached to an aromatic ring is 1. The quantitative estimate of drug-likeness (QED) is 0.705. The topological polar surface area (TPSA) is 111 Å². The fourth-order valence-corrected chi connectivity index (χ4v) is 2.64. The molecule has 19 heavy (non-hydrogen) atoms. The molecule has 2 heterocycles. The summed E-state index contributed by atoms with van der Waals surface area (Å²) in [5.74, 6) is -0.621. The largest absolute Gasteiger partial charge is 0.397 e. The van der Waals surface area contributed by atoms with Gasteiger partial charge in [-0.2, -0.15) is 0 Å². The molecule has 0 saturated carbocycles. The Morgan fingerprint density at radius 3 is 2.89 bits per heavy atom. The molecule has 0 aliphatic heterocycles. The van der Waals surface area contributed by atoms with Crippen LogP contribution < -0.4 is 16.8 Å². The van der Waals surface area contributed by atoms with Crippen molar-refractivity contribution in [3.63, 3.8) is 0 Å². The van der Waals surface area contributed by atoms with E-state index in [1.807, 2.05) is 6.07 Å². The van der Waals surface area contributed by atoms with E-state index < -0.39 is 0 Å². The molecule has 7 heteroatoms. The Kier molecular flexibility index (Phi) is 3.96. The first kappa shape index (κ1) is 13.3. The predicted octanol–water partition coefficient (Wildman–Crippen LogP) is 0.874. The Morgan fingerprint density at radius 1 is 1.42 bits per heavy atom. The van der Waals surface area contributed by atoms with Crippen LogP contribution in [-0.4, -0.2) is 23.3 Å². The molecule has 0 bridgehead atoms. The van der Waals surface area contributed by atoms with E-state index in [0.717, 1.165) is 10.2 Å². The van der Waals surface area contributed by atoms with E-state index >= 15 is 0 Å². The number of aromatic nitrogens is 1. The summed E-state index contributed by atoms with van der Waals surface area (Å²) in [7, 11) is 0. The first-order chi connectivity index (χ1) is 9.09. The van der Waals surface area contributed by atoms with Crippen molar-refractivity contribution in [1.29, 1.82) is 0 Å². The van der Waals surface area contributed by atoms with Gasteiger partial charge in [0.25, 0.3) is 5.91 Å². The lowest BCUT2D eigenvalue weighted by atomic mass is 10.2. The number of fused-ring (bicyclic) bond motifs is 1. The van der Waals surface area contributed by atoms with Crippen molar-refractivity contribution in [3.8, 4) is 0 Å². The van der Waals surface area contributed by atoms with Gasteiger partial charge in [-0.05, 0) is 18.6 Å². The van der Waals surface area contributed by atoms with Crippen LogP contribution >= 0.6 is 11.3 Å². The molecule has 0 spiro atoms. The van der Waals surface area contributed by atoms with Crippen LogP contribution in [0.3, 0.4) is 0 Å². The summed E-state index contributed by atoms with van der Waals surface area (Å²) in [6.45, 7) is 0.392. The third-order valence-electron chi connectivity index (χ3n) is 2.60. The molecule has 0 fully saturated rings. The molecule has 2 amide bonds. The molecule has 2 rings (SSSR count). The van der Waals surface area contributed by atoms with Crippen molar-refractivity contribution in [2.45, 2.75) is 12.8 Å². The molecule has 0 aliphatic rings. The molecule has 0 saturated heterocycles. The summed E-state index contributed by atoms with van der Waals surface area (Å²) in [5, 5.41) is 3.50. The molecule has 0 unspecified atom stereocenters. The lowest BCUT2D eigenvalue weighted by Crippen LogP contribution is -2.25. The molecule has 0 radical (unpaired) electrons. The Hall–Kier alpha value is -2.15. The lowest BCUT2D eigenvalue weighted by Gasteiger charge is -2.03. The highest BCUT2D eigenvalue weighted by Gasteiger charge is 2.16. The van der Waals surface area contributed by atoms with Crippen LogP contribution in [0.15, 0.2) is 18.3 Å². The minimum absolute atomic E-state index is 0.245. The molecule has 5 N–H and O–H groups in total. The fraction of sp³-hybridized carbons (Fsp3) is 0.250. The van der Waals surface area contributed by atoms with Crippen LogP contribution in [0.1, 0.15) is 22.5 Å². The zero-order valence-electron chi connectivity index (χ0n) is 10.2. The highest BCUT2D eigenvalue weighted by Crippen LogP contribution is 2.31. The third-order valence-corrected chi connectivity index (χ3v) is 3.72.